The molecular weight excluding hydrogens is 548 g/mol. The van der Waals surface area contributed by atoms with Crippen LogP contribution in [0.5, 0.6) is 0 Å². The quantitative estimate of drug-likeness (QED) is 0.239. The van der Waals surface area contributed by atoms with Crippen molar-refractivity contribution in [2.75, 3.05) is 36.8 Å². The molecule has 1 aliphatic rings. The van der Waals surface area contributed by atoms with E-state index < -0.39 is 0 Å². The molecule has 0 unspecified atom stereocenters. The number of nitrogen functional groups attached to an aromatic ring is 1. The number of allylic oxidation sites excluding steroid dienone is 4. The second kappa shape index (κ2) is 12.9. The van der Waals surface area contributed by atoms with E-state index in [1.807, 2.05) is 37.3 Å². The van der Waals surface area contributed by atoms with E-state index in [0.717, 1.165) is 78.6 Å². The molecule has 1 fully saturated rings. The molecule has 0 spiro atoms. The number of pyridine rings is 2. The Hall–Kier alpha value is -5.40. The zero-order valence-electron chi connectivity index (χ0n) is 24.9. The van der Waals surface area contributed by atoms with E-state index in [1.54, 1.807) is 12.3 Å². The van der Waals surface area contributed by atoms with E-state index in [9.17, 15) is 5.26 Å². The van der Waals surface area contributed by atoms with Gasteiger partial charge in [0.15, 0.2) is 17.3 Å². The summed E-state index contributed by atoms with van der Waals surface area (Å²) in [5.74, 6) is 1.88. The summed E-state index contributed by atoms with van der Waals surface area (Å²) in [5, 5.41) is 17.4. The molecule has 4 aromatic heterocycles. The maximum absolute atomic E-state index is 9.19. The molecule has 2 N–H and O–H groups in total. The fourth-order valence-corrected chi connectivity index (χ4v) is 5.52. The van der Waals surface area contributed by atoms with E-state index in [4.69, 9.17) is 15.7 Å². The van der Waals surface area contributed by atoms with Gasteiger partial charge in [-0.15, -0.1) is 5.10 Å². The average molecular weight is 583 g/mol. The Balaban J connectivity index is 1.28. The summed E-state index contributed by atoms with van der Waals surface area (Å²) in [6.07, 6.45) is 10.4. The molecule has 6 rings (SSSR count). The lowest BCUT2D eigenvalue weighted by molar-refractivity contribution is 0.249. The molecule has 0 aliphatic carbocycles. The molecule has 5 heterocycles. The highest BCUT2D eigenvalue weighted by Gasteiger charge is 2.21. The van der Waals surface area contributed by atoms with Crippen LogP contribution in [0.15, 0.2) is 85.2 Å². The molecule has 0 amide bonds. The van der Waals surface area contributed by atoms with Crippen molar-refractivity contribution in [3.63, 3.8) is 0 Å². The summed E-state index contributed by atoms with van der Waals surface area (Å²) in [4.78, 5) is 19.0. The fourth-order valence-electron chi connectivity index (χ4n) is 5.52. The van der Waals surface area contributed by atoms with Crippen molar-refractivity contribution in [1.29, 1.82) is 5.26 Å². The van der Waals surface area contributed by atoms with Crippen LogP contribution in [0, 0.1) is 11.3 Å². The maximum atomic E-state index is 9.19. The van der Waals surface area contributed by atoms with Gasteiger partial charge in [0, 0.05) is 50.7 Å². The summed E-state index contributed by atoms with van der Waals surface area (Å²) < 4.78 is 2.07. The van der Waals surface area contributed by atoms with Crippen molar-refractivity contribution in [3.8, 4) is 23.1 Å². The predicted octanol–water partition coefficient (Wildman–Crippen LogP) is 5.42. The number of piperazine rings is 1. The number of benzene rings is 1. The van der Waals surface area contributed by atoms with Crippen molar-refractivity contribution in [2.45, 2.75) is 26.8 Å². The van der Waals surface area contributed by atoms with Gasteiger partial charge in [0.05, 0.1) is 23.0 Å². The minimum absolute atomic E-state index is 0.422. The lowest BCUT2D eigenvalue weighted by Gasteiger charge is -2.35. The van der Waals surface area contributed by atoms with Gasteiger partial charge in [0.2, 0.25) is 0 Å². The Labute approximate surface area is 256 Å². The van der Waals surface area contributed by atoms with Crippen LogP contribution >= 0.6 is 0 Å². The lowest BCUT2D eigenvalue weighted by Crippen LogP contribution is -2.46. The smallest absolute Gasteiger partial charge is 0.165 e. The highest BCUT2D eigenvalue weighted by Crippen LogP contribution is 2.31. The molecule has 5 aromatic rings. The van der Waals surface area contributed by atoms with Crippen molar-refractivity contribution in [3.05, 3.63) is 102 Å². The molecule has 10 nitrogen and oxygen atoms in total. The second-order valence-electron chi connectivity index (χ2n) is 10.7. The topological polar surface area (TPSA) is 126 Å². The van der Waals surface area contributed by atoms with Gasteiger partial charge in [-0.25, -0.2) is 15.0 Å². The normalized spacial score (nSPS) is 14.4. The molecule has 44 heavy (non-hydrogen) atoms. The van der Waals surface area contributed by atoms with Gasteiger partial charge >= 0.3 is 0 Å². The molecule has 1 aliphatic heterocycles. The van der Waals surface area contributed by atoms with Crippen LogP contribution in [0.2, 0.25) is 0 Å². The molecular formula is C34H34N10. The molecule has 1 aromatic carbocycles. The van der Waals surface area contributed by atoms with Crippen molar-refractivity contribution in [2.24, 2.45) is 0 Å². The van der Waals surface area contributed by atoms with Crippen LogP contribution in [-0.2, 0) is 6.54 Å². The summed E-state index contributed by atoms with van der Waals surface area (Å²) in [7, 11) is 0. The van der Waals surface area contributed by atoms with Crippen LogP contribution in [0.3, 0.4) is 0 Å². The highest BCUT2D eigenvalue weighted by molar-refractivity contribution is 5.85. The summed E-state index contributed by atoms with van der Waals surface area (Å²) in [6.45, 7) is 8.41. The van der Waals surface area contributed by atoms with Gasteiger partial charge in [-0.2, -0.15) is 10.4 Å². The number of anilines is 2. The molecule has 1 saturated heterocycles. The van der Waals surface area contributed by atoms with Crippen LogP contribution in [0.25, 0.3) is 33.8 Å². The van der Waals surface area contributed by atoms with E-state index >= 15 is 0 Å². The maximum Gasteiger partial charge on any atom is 0.165 e. The number of nitrogens with zero attached hydrogens (tertiary/aromatic N) is 9. The Morgan fingerprint density at radius 3 is 2.59 bits per heavy atom. The minimum Gasteiger partial charge on any atom is -0.383 e. The van der Waals surface area contributed by atoms with Gasteiger partial charge < -0.3 is 10.6 Å². The summed E-state index contributed by atoms with van der Waals surface area (Å²) in [5.41, 5.74) is 13.3. The summed E-state index contributed by atoms with van der Waals surface area (Å²) in [6, 6.07) is 20.4. The third-order valence-corrected chi connectivity index (χ3v) is 7.72. The number of aromatic nitrogens is 6. The van der Waals surface area contributed by atoms with Crippen LogP contribution in [-0.4, -0.2) is 60.8 Å². The molecule has 0 atom stereocenters. The monoisotopic (exact) mass is 582 g/mol. The van der Waals surface area contributed by atoms with Gasteiger partial charge in [0.1, 0.15) is 17.4 Å². The number of imidazole rings is 1. The Kier molecular flexibility index (Phi) is 8.39. The molecule has 0 saturated carbocycles. The lowest BCUT2D eigenvalue weighted by atomic mass is 10.1. The third-order valence-electron chi connectivity index (χ3n) is 7.72. The third kappa shape index (κ3) is 5.91. The largest absolute Gasteiger partial charge is 0.383 e. The number of hydrogen-bond donors (Lipinski definition) is 1. The van der Waals surface area contributed by atoms with Crippen molar-refractivity contribution < 1.29 is 0 Å². The van der Waals surface area contributed by atoms with E-state index in [2.05, 4.69) is 79.0 Å². The fraction of sp³-hybridized carbons (Fsp3) is 0.235. The predicted molar refractivity (Wildman–Crippen MR) is 174 cm³/mol. The van der Waals surface area contributed by atoms with E-state index in [-0.39, 0.29) is 0 Å². The molecule has 220 valence electrons. The first kappa shape index (κ1) is 28.7. The zero-order chi connectivity index (χ0) is 30.5. The van der Waals surface area contributed by atoms with Gasteiger partial charge in [-0.3, -0.25) is 9.47 Å². The van der Waals surface area contributed by atoms with Gasteiger partial charge in [0.25, 0.3) is 0 Å². The van der Waals surface area contributed by atoms with Gasteiger partial charge in [-0.1, -0.05) is 37.3 Å². The number of nitrogens with two attached hydrogens (primary N) is 1. The number of rotatable bonds is 8. The van der Waals surface area contributed by atoms with Gasteiger partial charge in [-0.05, 0) is 60.9 Å². The first-order valence-electron chi connectivity index (χ1n) is 14.8. The van der Waals surface area contributed by atoms with Crippen molar-refractivity contribution in [1.82, 2.24) is 34.6 Å². The molecule has 0 radical (unpaired) electrons. The van der Waals surface area contributed by atoms with E-state index in [1.165, 1.54) is 11.8 Å². The SMILES string of the molecule is C/C=C\C(=C/CC)c1ccc2nc(-c3cccnc3N)n(-c3ccc(CN4CCN(c5cc(C#N)cnn5)CC4)cc3)c2n1. The Morgan fingerprint density at radius 2 is 1.86 bits per heavy atom. The standard InChI is InChI=1S/C34H34N10/c1-3-6-26(7-4-2)29-13-14-30-34(39-29)44(33(40-30)28-8-5-15-37-32(28)36)27-11-9-24(10-12-27)23-42-16-18-43(19-17-42)31-20-25(21-35)22-38-41-31/h3,5-15,20,22H,4,16-19,23H2,1-2H3,(H2,36,37)/b6-3-,26-7+. The molecule has 10 heteroatoms. The highest BCUT2D eigenvalue weighted by atomic mass is 15.3. The number of nitriles is 1. The summed E-state index contributed by atoms with van der Waals surface area (Å²) >= 11 is 0. The number of fused-ring (bicyclic) bond motifs is 1. The average Bonchev–Trinajstić information content (AvgIpc) is 3.44. The Morgan fingerprint density at radius 1 is 1.05 bits per heavy atom. The Bertz CT molecular complexity index is 1870. The second-order valence-corrected chi connectivity index (χ2v) is 10.7. The minimum atomic E-state index is 0.422. The molecule has 0 bridgehead atoms. The van der Waals surface area contributed by atoms with Crippen LogP contribution in [0.4, 0.5) is 11.6 Å². The zero-order valence-corrected chi connectivity index (χ0v) is 24.9. The first-order valence-corrected chi connectivity index (χ1v) is 14.8. The number of hydrogen-bond acceptors (Lipinski definition) is 9. The van der Waals surface area contributed by atoms with Crippen LogP contribution < -0.4 is 10.6 Å². The van der Waals surface area contributed by atoms with Crippen molar-refractivity contribution >= 4 is 28.4 Å². The van der Waals surface area contributed by atoms with Crippen LogP contribution in [0.1, 0.15) is 37.1 Å². The van der Waals surface area contributed by atoms with E-state index in [0.29, 0.717) is 17.2 Å². The first-order chi connectivity index (χ1) is 21.6.